The largest absolute Gasteiger partial charge is 0.493 e. The van der Waals surface area contributed by atoms with Gasteiger partial charge < -0.3 is 14.1 Å². The van der Waals surface area contributed by atoms with Crippen molar-refractivity contribution in [2.24, 2.45) is 5.92 Å². The molecule has 5 heteroatoms. The second-order valence-corrected chi connectivity index (χ2v) is 8.82. The Labute approximate surface area is 172 Å². The molecule has 0 spiro atoms. The average molecular weight is 395 g/mol. The first-order chi connectivity index (χ1) is 14.2. The van der Waals surface area contributed by atoms with Crippen molar-refractivity contribution < 1.29 is 13.9 Å². The summed E-state index contributed by atoms with van der Waals surface area (Å²) in [4.78, 5) is 17.1. The van der Waals surface area contributed by atoms with Gasteiger partial charge in [-0.25, -0.2) is 0 Å². The van der Waals surface area contributed by atoms with Gasteiger partial charge in [0.25, 0.3) is 0 Å². The molecule has 3 heterocycles. The number of carbonyl (C=O) groups excluding carboxylic acids is 1. The highest BCUT2D eigenvalue weighted by Crippen LogP contribution is 2.47. The van der Waals surface area contributed by atoms with E-state index < -0.39 is 0 Å². The van der Waals surface area contributed by atoms with Crippen LogP contribution in [0.1, 0.15) is 48.3 Å². The second-order valence-electron chi connectivity index (χ2n) is 8.82. The van der Waals surface area contributed by atoms with E-state index in [-0.39, 0.29) is 5.91 Å². The zero-order valence-corrected chi connectivity index (χ0v) is 17.2. The summed E-state index contributed by atoms with van der Waals surface area (Å²) in [5, 5.41) is 0. The summed E-state index contributed by atoms with van der Waals surface area (Å²) in [6.07, 6.45) is 3.49. The fraction of sp³-hybridized carbons (Fsp3) is 0.542. The first-order valence-corrected chi connectivity index (χ1v) is 11.0. The van der Waals surface area contributed by atoms with Crippen molar-refractivity contribution in [3.63, 3.8) is 0 Å². The van der Waals surface area contributed by atoms with E-state index in [0.29, 0.717) is 18.8 Å². The molecule has 0 N–H and O–H groups in total. The lowest BCUT2D eigenvalue weighted by molar-refractivity contribution is -0.133. The summed E-state index contributed by atoms with van der Waals surface area (Å²) in [6.45, 7) is 7.51. The number of piperazine rings is 1. The van der Waals surface area contributed by atoms with E-state index in [1.54, 1.807) is 0 Å². The molecule has 2 unspecified atom stereocenters. The van der Waals surface area contributed by atoms with Crippen LogP contribution < -0.4 is 4.74 Å². The van der Waals surface area contributed by atoms with Crippen LogP contribution in [-0.2, 0) is 24.2 Å². The van der Waals surface area contributed by atoms with Crippen molar-refractivity contribution in [2.45, 2.75) is 45.1 Å². The van der Waals surface area contributed by atoms with Gasteiger partial charge in [0.05, 0.1) is 6.61 Å². The van der Waals surface area contributed by atoms with E-state index >= 15 is 0 Å². The van der Waals surface area contributed by atoms with Crippen LogP contribution in [0.3, 0.4) is 0 Å². The van der Waals surface area contributed by atoms with Gasteiger partial charge in [-0.1, -0.05) is 19.1 Å². The number of fused-ring (bicyclic) bond motifs is 1. The molecular weight excluding hydrogens is 364 g/mol. The van der Waals surface area contributed by atoms with Crippen molar-refractivity contribution in [3.8, 4) is 5.75 Å². The van der Waals surface area contributed by atoms with Crippen molar-refractivity contribution in [1.29, 1.82) is 0 Å². The third-order valence-electron chi connectivity index (χ3n) is 6.63. The molecule has 1 aromatic heterocycles. The zero-order valence-electron chi connectivity index (χ0n) is 17.2. The Hall–Kier alpha value is -2.27. The number of benzene rings is 1. The number of furan rings is 1. The maximum atomic E-state index is 12.6. The minimum atomic E-state index is 0.247. The van der Waals surface area contributed by atoms with Crippen LogP contribution in [0, 0.1) is 5.92 Å². The Morgan fingerprint density at radius 2 is 1.97 bits per heavy atom. The number of amides is 1. The van der Waals surface area contributed by atoms with E-state index in [0.717, 1.165) is 68.9 Å². The number of ether oxygens (including phenoxy) is 1. The summed E-state index contributed by atoms with van der Waals surface area (Å²) in [7, 11) is 0. The smallest absolute Gasteiger partial charge is 0.223 e. The summed E-state index contributed by atoms with van der Waals surface area (Å²) < 4.78 is 11.5. The van der Waals surface area contributed by atoms with Gasteiger partial charge in [0.15, 0.2) is 0 Å². The van der Waals surface area contributed by atoms with Crippen molar-refractivity contribution >= 4 is 5.91 Å². The standard InChI is InChI=1S/C24H30N2O3/c1-17-14-21(17)23-6-3-20(29-23)4-7-24(27)26-11-9-25(10-12-26)16-18-2-5-22-19(15-18)8-13-28-22/h2-3,5-6,15,17,21H,4,7-14,16H2,1H3. The Morgan fingerprint density at radius 3 is 2.76 bits per heavy atom. The molecule has 2 fully saturated rings. The van der Waals surface area contributed by atoms with Gasteiger partial charge in [0.1, 0.15) is 17.3 Å². The monoisotopic (exact) mass is 394 g/mol. The van der Waals surface area contributed by atoms with Crippen molar-refractivity contribution in [1.82, 2.24) is 9.80 Å². The summed E-state index contributed by atoms with van der Waals surface area (Å²) in [6, 6.07) is 10.7. The molecule has 3 aliphatic rings. The summed E-state index contributed by atoms with van der Waals surface area (Å²) >= 11 is 0. The number of hydrogen-bond acceptors (Lipinski definition) is 4. The minimum absolute atomic E-state index is 0.247. The molecule has 1 saturated carbocycles. The SMILES string of the molecule is CC1CC1c1ccc(CCC(=O)N2CCN(Cc3ccc4c(c3)CCO4)CC2)o1. The first-order valence-electron chi connectivity index (χ1n) is 11.0. The highest BCUT2D eigenvalue weighted by atomic mass is 16.5. The molecule has 1 aromatic carbocycles. The zero-order chi connectivity index (χ0) is 19.8. The molecule has 154 valence electrons. The second kappa shape index (κ2) is 7.86. The van der Waals surface area contributed by atoms with Crippen LogP contribution in [0.5, 0.6) is 5.75 Å². The normalized spacial score (nSPS) is 23.7. The van der Waals surface area contributed by atoms with Crippen molar-refractivity contribution in [2.75, 3.05) is 32.8 Å². The fourth-order valence-electron chi connectivity index (χ4n) is 4.59. The van der Waals surface area contributed by atoms with Crippen LogP contribution in [-0.4, -0.2) is 48.5 Å². The van der Waals surface area contributed by atoms with Crippen LogP contribution in [0.25, 0.3) is 0 Å². The lowest BCUT2D eigenvalue weighted by atomic mass is 10.1. The molecule has 2 atom stereocenters. The average Bonchev–Trinajstić information content (AvgIpc) is 3.12. The number of hydrogen-bond donors (Lipinski definition) is 0. The van der Waals surface area contributed by atoms with Crippen LogP contribution in [0.2, 0.25) is 0 Å². The summed E-state index contributed by atoms with van der Waals surface area (Å²) in [5.41, 5.74) is 2.67. The predicted molar refractivity (Wildman–Crippen MR) is 111 cm³/mol. The number of aryl methyl sites for hydroxylation is 1. The van der Waals surface area contributed by atoms with E-state index in [1.165, 1.54) is 17.5 Å². The number of nitrogens with zero attached hydrogens (tertiary/aromatic N) is 2. The Bertz CT molecular complexity index is 882. The molecule has 1 aliphatic carbocycles. The predicted octanol–water partition coefficient (Wildman–Crippen LogP) is 3.61. The minimum Gasteiger partial charge on any atom is -0.493 e. The lowest BCUT2D eigenvalue weighted by Gasteiger charge is -2.34. The van der Waals surface area contributed by atoms with Crippen LogP contribution >= 0.6 is 0 Å². The molecule has 29 heavy (non-hydrogen) atoms. The highest BCUT2D eigenvalue weighted by Gasteiger charge is 2.36. The first kappa shape index (κ1) is 18.7. The van der Waals surface area contributed by atoms with E-state index in [1.807, 2.05) is 11.0 Å². The highest BCUT2D eigenvalue weighted by molar-refractivity contribution is 5.76. The lowest BCUT2D eigenvalue weighted by Crippen LogP contribution is -2.48. The van der Waals surface area contributed by atoms with Crippen LogP contribution in [0.4, 0.5) is 0 Å². The molecule has 1 amide bonds. The van der Waals surface area contributed by atoms with Gasteiger partial charge >= 0.3 is 0 Å². The van der Waals surface area contributed by atoms with Gasteiger partial charge in [-0.05, 0) is 41.7 Å². The topological polar surface area (TPSA) is 45.9 Å². The molecule has 0 radical (unpaired) electrons. The van der Waals surface area contributed by atoms with Gasteiger partial charge in [-0.3, -0.25) is 9.69 Å². The Balaban J connectivity index is 1.07. The number of rotatable bonds is 6. The maximum absolute atomic E-state index is 12.6. The quantitative estimate of drug-likeness (QED) is 0.751. The van der Waals surface area contributed by atoms with Crippen LogP contribution in [0.15, 0.2) is 34.7 Å². The molecule has 1 saturated heterocycles. The van der Waals surface area contributed by atoms with Gasteiger partial charge in [0.2, 0.25) is 5.91 Å². The van der Waals surface area contributed by atoms with E-state index in [2.05, 4.69) is 36.1 Å². The number of carbonyl (C=O) groups is 1. The van der Waals surface area contributed by atoms with Crippen molar-refractivity contribution in [3.05, 3.63) is 53.0 Å². The Kier molecular flexibility index (Phi) is 5.08. The Morgan fingerprint density at radius 1 is 1.14 bits per heavy atom. The molecule has 5 rings (SSSR count). The van der Waals surface area contributed by atoms with Gasteiger partial charge in [-0.2, -0.15) is 0 Å². The molecule has 2 aliphatic heterocycles. The third-order valence-corrected chi connectivity index (χ3v) is 6.63. The molecular formula is C24H30N2O3. The van der Waals surface area contributed by atoms with E-state index in [4.69, 9.17) is 9.15 Å². The fourth-order valence-corrected chi connectivity index (χ4v) is 4.59. The summed E-state index contributed by atoms with van der Waals surface area (Å²) in [5.74, 6) is 4.69. The maximum Gasteiger partial charge on any atom is 0.223 e. The van der Waals surface area contributed by atoms with E-state index in [9.17, 15) is 4.79 Å². The van der Waals surface area contributed by atoms with Gasteiger partial charge in [0, 0.05) is 57.9 Å². The molecule has 5 nitrogen and oxygen atoms in total. The third kappa shape index (κ3) is 4.20. The molecule has 2 aromatic rings. The van der Waals surface area contributed by atoms with Gasteiger partial charge in [-0.15, -0.1) is 0 Å². The molecule has 0 bridgehead atoms.